The van der Waals surface area contributed by atoms with Crippen LogP contribution >= 0.6 is 7.82 Å². The van der Waals surface area contributed by atoms with E-state index in [0.717, 1.165) is 0 Å². The van der Waals surface area contributed by atoms with Crippen LogP contribution < -0.4 is 0 Å². The molecule has 0 aromatic heterocycles. The van der Waals surface area contributed by atoms with Crippen molar-refractivity contribution in [1.82, 2.24) is 0 Å². The summed E-state index contributed by atoms with van der Waals surface area (Å²) in [5.41, 5.74) is 0.219. The Morgan fingerprint density at radius 3 is 2.19 bits per heavy atom. The van der Waals surface area contributed by atoms with Gasteiger partial charge in [0.2, 0.25) is 0 Å². The number of carbonyl (C=O) groups is 1. The third-order valence-electron chi connectivity index (χ3n) is 0.924. The second-order valence-electron chi connectivity index (χ2n) is 2.65. The van der Waals surface area contributed by atoms with Gasteiger partial charge in [-0.05, 0) is 13.8 Å². The van der Waals surface area contributed by atoms with Crippen molar-refractivity contribution in [3.63, 3.8) is 0 Å². The summed E-state index contributed by atoms with van der Waals surface area (Å²) in [5.74, 6) is -0.616. The Morgan fingerprint density at radius 1 is 1.44 bits per heavy atom. The maximum absolute atomic E-state index is 10.7. The van der Waals surface area contributed by atoms with Crippen molar-refractivity contribution < 1.29 is 28.4 Å². The molecule has 0 amide bonds. The van der Waals surface area contributed by atoms with Gasteiger partial charge in [-0.3, -0.25) is 4.52 Å². The second kappa shape index (κ2) is 9.30. The summed E-state index contributed by atoms with van der Waals surface area (Å²) in [4.78, 5) is 27.1. The van der Waals surface area contributed by atoms with Crippen LogP contribution in [0.3, 0.4) is 0 Å². The van der Waals surface area contributed by atoms with Crippen molar-refractivity contribution in [3.8, 4) is 0 Å². The first-order valence-electron chi connectivity index (χ1n) is 4.34. The highest BCUT2D eigenvalue weighted by atomic mass is 31.2. The lowest BCUT2D eigenvalue weighted by Gasteiger charge is -2.05. The van der Waals surface area contributed by atoms with E-state index in [1.165, 1.54) is 6.92 Å². The highest BCUT2D eigenvalue weighted by molar-refractivity contribution is 7.46. The third-order valence-corrected chi connectivity index (χ3v) is 1.44. The third kappa shape index (κ3) is 15.5. The van der Waals surface area contributed by atoms with E-state index in [2.05, 4.69) is 22.4 Å². The van der Waals surface area contributed by atoms with Gasteiger partial charge in [0.15, 0.2) is 0 Å². The molecule has 0 rings (SSSR count). The molecule has 16 heavy (non-hydrogen) atoms. The molecule has 0 radical (unpaired) electrons. The van der Waals surface area contributed by atoms with Crippen LogP contribution in [0.1, 0.15) is 13.8 Å². The molecule has 0 spiro atoms. The normalized spacial score (nSPS) is 9.75. The summed E-state index contributed by atoms with van der Waals surface area (Å²) >= 11 is 0. The smallest absolute Gasteiger partial charge is 0.460 e. The maximum Gasteiger partial charge on any atom is 0.469 e. The average Bonchev–Trinajstić information content (AvgIpc) is 2.11. The molecule has 0 unspecified atom stereocenters. The van der Waals surface area contributed by atoms with Crippen LogP contribution in [-0.2, 0) is 18.6 Å². The minimum Gasteiger partial charge on any atom is -0.460 e. The second-order valence-corrected chi connectivity index (χ2v) is 3.89. The topological polar surface area (TPSA) is 93.1 Å². The SMILES string of the molecule is C=C(C)C(=O)OCCOP(=O)(O)O.C=CC. The predicted molar refractivity (Wildman–Crippen MR) is 59.6 cm³/mol. The van der Waals surface area contributed by atoms with Crippen molar-refractivity contribution in [2.75, 3.05) is 13.2 Å². The van der Waals surface area contributed by atoms with Gasteiger partial charge in [0, 0.05) is 5.57 Å². The fourth-order valence-electron chi connectivity index (χ4n) is 0.414. The maximum atomic E-state index is 10.7. The van der Waals surface area contributed by atoms with Gasteiger partial charge in [-0.25, -0.2) is 9.36 Å². The molecule has 0 aliphatic rings. The monoisotopic (exact) mass is 252 g/mol. The van der Waals surface area contributed by atoms with E-state index in [-0.39, 0.29) is 18.8 Å². The summed E-state index contributed by atoms with van der Waals surface area (Å²) in [5, 5.41) is 0. The van der Waals surface area contributed by atoms with E-state index in [1.54, 1.807) is 6.08 Å². The van der Waals surface area contributed by atoms with E-state index >= 15 is 0 Å². The first kappa shape index (κ1) is 17.5. The quantitative estimate of drug-likeness (QED) is 0.252. The standard InChI is InChI=1S/C6H11O6P.C3H6/c1-5(2)6(7)11-3-4-12-13(8,9)10;1-3-2/h1,3-4H2,2H3,(H2,8,9,10);3H,1H2,2H3. The van der Waals surface area contributed by atoms with Gasteiger partial charge in [-0.2, -0.15) is 0 Å². The zero-order chi connectivity index (χ0) is 13.2. The Kier molecular flexibility index (Phi) is 10.1. The van der Waals surface area contributed by atoms with Crippen LogP contribution in [0.2, 0.25) is 0 Å². The highest BCUT2D eigenvalue weighted by Gasteiger charge is 2.13. The number of rotatable bonds is 5. The summed E-state index contributed by atoms with van der Waals surface area (Å²) in [7, 11) is -4.46. The molecule has 0 saturated heterocycles. The van der Waals surface area contributed by atoms with Crippen molar-refractivity contribution >= 4 is 13.8 Å². The molecule has 0 aliphatic heterocycles. The van der Waals surface area contributed by atoms with Gasteiger partial charge < -0.3 is 14.5 Å². The van der Waals surface area contributed by atoms with E-state index in [4.69, 9.17) is 9.79 Å². The molecule has 0 heterocycles. The molecule has 0 aromatic carbocycles. The van der Waals surface area contributed by atoms with Gasteiger partial charge in [-0.1, -0.05) is 12.7 Å². The molecule has 6 nitrogen and oxygen atoms in total. The Bertz CT molecular complexity index is 280. The molecule has 94 valence electrons. The average molecular weight is 252 g/mol. The van der Waals surface area contributed by atoms with Crippen LogP contribution in [0.4, 0.5) is 0 Å². The Hall–Kier alpha value is -0.940. The summed E-state index contributed by atoms with van der Waals surface area (Å²) < 4.78 is 18.6. The fraction of sp³-hybridized carbons (Fsp3) is 0.444. The van der Waals surface area contributed by atoms with Crippen molar-refractivity contribution in [1.29, 1.82) is 0 Å². The Morgan fingerprint density at radius 2 is 1.88 bits per heavy atom. The highest BCUT2D eigenvalue weighted by Crippen LogP contribution is 2.35. The van der Waals surface area contributed by atoms with E-state index in [0.29, 0.717) is 0 Å². The molecule has 0 fully saturated rings. The van der Waals surface area contributed by atoms with E-state index < -0.39 is 13.8 Å². The molecule has 0 saturated carbocycles. The molecule has 0 aliphatic carbocycles. The first-order valence-corrected chi connectivity index (χ1v) is 5.87. The summed E-state index contributed by atoms with van der Waals surface area (Å²) in [6.07, 6.45) is 1.75. The number of phosphoric acid groups is 1. The van der Waals surface area contributed by atoms with Gasteiger partial charge in [0.1, 0.15) is 6.61 Å². The molecule has 0 bridgehead atoms. The first-order chi connectivity index (χ1) is 7.24. The zero-order valence-corrected chi connectivity index (χ0v) is 10.3. The van der Waals surface area contributed by atoms with Crippen LogP contribution in [0.15, 0.2) is 24.8 Å². The number of hydrogen-bond acceptors (Lipinski definition) is 4. The van der Waals surface area contributed by atoms with Crippen LogP contribution in [-0.4, -0.2) is 29.0 Å². The number of phosphoric ester groups is 1. The summed E-state index contributed by atoms with van der Waals surface area (Å²) in [6.45, 7) is 9.47. The summed E-state index contributed by atoms with van der Waals surface area (Å²) in [6, 6.07) is 0. The number of carbonyl (C=O) groups excluding carboxylic acids is 1. The fourth-order valence-corrected chi connectivity index (χ4v) is 0.726. The van der Waals surface area contributed by atoms with Crippen LogP contribution in [0.25, 0.3) is 0 Å². The number of hydrogen-bond donors (Lipinski definition) is 2. The molecule has 2 N–H and O–H groups in total. The predicted octanol–water partition coefficient (Wildman–Crippen LogP) is 1.41. The molecule has 0 aromatic rings. The van der Waals surface area contributed by atoms with Crippen molar-refractivity contribution in [2.24, 2.45) is 0 Å². The number of allylic oxidation sites excluding steroid dienone is 1. The minimum absolute atomic E-state index is 0.212. The number of ether oxygens (including phenoxy) is 1. The van der Waals surface area contributed by atoms with E-state index in [9.17, 15) is 9.36 Å². The molecular formula is C9H17O6P. The van der Waals surface area contributed by atoms with Gasteiger partial charge in [0.25, 0.3) is 0 Å². The van der Waals surface area contributed by atoms with E-state index in [1.807, 2.05) is 6.92 Å². The van der Waals surface area contributed by atoms with Crippen LogP contribution in [0, 0.1) is 0 Å². The molecule has 7 heteroatoms. The lowest BCUT2D eigenvalue weighted by atomic mass is 10.4. The molecular weight excluding hydrogens is 235 g/mol. The van der Waals surface area contributed by atoms with Gasteiger partial charge >= 0.3 is 13.8 Å². The lowest BCUT2D eigenvalue weighted by molar-refractivity contribution is -0.139. The number of esters is 1. The van der Waals surface area contributed by atoms with Crippen LogP contribution in [0.5, 0.6) is 0 Å². The van der Waals surface area contributed by atoms with Gasteiger partial charge in [0.05, 0.1) is 6.61 Å². The van der Waals surface area contributed by atoms with Crippen molar-refractivity contribution in [2.45, 2.75) is 13.8 Å². The lowest BCUT2D eigenvalue weighted by Crippen LogP contribution is -2.10. The zero-order valence-electron chi connectivity index (χ0n) is 9.38. The van der Waals surface area contributed by atoms with Gasteiger partial charge in [-0.15, -0.1) is 6.58 Å². The minimum atomic E-state index is -4.46. The Labute approximate surface area is 94.8 Å². The molecule has 0 atom stereocenters. The Balaban J connectivity index is 0. The van der Waals surface area contributed by atoms with Crippen molar-refractivity contribution in [3.05, 3.63) is 24.8 Å². The largest absolute Gasteiger partial charge is 0.469 e.